The zero-order chi connectivity index (χ0) is 24.7. The number of hydrogen-bond donors (Lipinski definition) is 2. The lowest BCUT2D eigenvalue weighted by molar-refractivity contribution is 0.442. The summed E-state index contributed by atoms with van der Waals surface area (Å²) in [5, 5.41) is 4.07. The van der Waals surface area contributed by atoms with Crippen molar-refractivity contribution in [1.29, 1.82) is 0 Å². The van der Waals surface area contributed by atoms with Gasteiger partial charge < -0.3 is 14.8 Å². The number of halogens is 2. The van der Waals surface area contributed by atoms with E-state index >= 15 is 0 Å². The molecule has 1 aliphatic rings. The first-order chi connectivity index (χ1) is 17.7. The minimum atomic E-state index is -0.503. The number of pyridine rings is 1. The smallest absolute Gasteiger partial charge is 0.223 e. The van der Waals surface area contributed by atoms with Gasteiger partial charge in [0.25, 0.3) is 0 Å². The molecule has 9 heteroatoms. The molecule has 0 spiro atoms. The molecule has 0 unspecified atom stereocenters. The molecule has 0 saturated heterocycles. The van der Waals surface area contributed by atoms with Crippen LogP contribution in [0, 0.1) is 5.82 Å². The molecule has 2 N–H and O–H groups in total. The van der Waals surface area contributed by atoms with E-state index in [9.17, 15) is 4.39 Å². The molecule has 1 aliphatic carbocycles. The highest BCUT2D eigenvalue weighted by molar-refractivity contribution is 8.00. The van der Waals surface area contributed by atoms with E-state index in [0.29, 0.717) is 39.7 Å². The van der Waals surface area contributed by atoms with Gasteiger partial charge in [0.1, 0.15) is 0 Å². The molecule has 0 aliphatic heterocycles. The zero-order valence-electron chi connectivity index (χ0n) is 19.5. The predicted molar refractivity (Wildman–Crippen MR) is 143 cm³/mol. The summed E-state index contributed by atoms with van der Waals surface area (Å²) in [6, 6.07) is 16.2. The van der Waals surface area contributed by atoms with Gasteiger partial charge in [-0.05, 0) is 61.2 Å². The topological polar surface area (TPSA) is 72.0 Å². The molecule has 0 amide bonds. The van der Waals surface area contributed by atoms with Gasteiger partial charge in [-0.3, -0.25) is 4.98 Å². The number of aromatic nitrogens is 3. The van der Waals surface area contributed by atoms with Crippen LogP contribution in [0.3, 0.4) is 0 Å². The Balaban J connectivity index is 1.31. The van der Waals surface area contributed by atoms with E-state index in [4.69, 9.17) is 16.3 Å². The van der Waals surface area contributed by atoms with Gasteiger partial charge in [-0.2, -0.15) is 0 Å². The van der Waals surface area contributed by atoms with Crippen molar-refractivity contribution in [3.05, 3.63) is 84.0 Å². The molecular formula is C27H25ClFN5OS. The van der Waals surface area contributed by atoms with E-state index in [1.54, 1.807) is 42.9 Å². The second-order valence-corrected chi connectivity index (χ2v) is 9.75. The van der Waals surface area contributed by atoms with E-state index in [1.165, 1.54) is 37.3 Å². The summed E-state index contributed by atoms with van der Waals surface area (Å²) in [5.41, 5.74) is 1.97. The summed E-state index contributed by atoms with van der Waals surface area (Å²) in [4.78, 5) is 14.1. The Morgan fingerprint density at radius 3 is 2.67 bits per heavy atom. The van der Waals surface area contributed by atoms with Crippen LogP contribution in [0.25, 0.3) is 11.3 Å². The van der Waals surface area contributed by atoms with Crippen molar-refractivity contribution in [2.75, 3.05) is 10.0 Å². The zero-order valence-corrected chi connectivity index (χ0v) is 21.0. The van der Waals surface area contributed by atoms with Crippen LogP contribution in [0.1, 0.15) is 32.1 Å². The van der Waals surface area contributed by atoms with Crippen molar-refractivity contribution >= 4 is 35.2 Å². The van der Waals surface area contributed by atoms with Gasteiger partial charge in [-0.1, -0.05) is 43.0 Å². The Morgan fingerprint density at radius 1 is 0.972 bits per heavy atom. The Hall–Kier alpha value is -3.36. The maximum atomic E-state index is 14.9. The van der Waals surface area contributed by atoms with Gasteiger partial charge in [-0.15, -0.1) is 0 Å². The fraction of sp³-hybridized carbons (Fsp3) is 0.222. The average molecular weight is 522 g/mol. The first kappa shape index (κ1) is 24.3. The van der Waals surface area contributed by atoms with Gasteiger partial charge in [0.15, 0.2) is 17.3 Å². The highest BCUT2D eigenvalue weighted by atomic mass is 35.5. The molecule has 0 radical (unpaired) electrons. The fourth-order valence-corrected chi connectivity index (χ4v) is 5.01. The first-order valence-electron chi connectivity index (χ1n) is 11.8. The molecule has 0 bridgehead atoms. The van der Waals surface area contributed by atoms with Crippen LogP contribution in [0.15, 0.2) is 78.1 Å². The number of anilines is 2. The third-order valence-electron chi connectivity index (χ3n) is 5.92. The second kappa shape index (κ2) is 11.6. The van der Waals surface area contributed by atoms with Crippen molar-refractivity contribution in [1.82, 2.24) is 15.0 Å². The summed E-state index contributed by atoms with van der Waals surface area (Å²) < 4.78 is 24.0. The Labute approximate surface area is 218 Å². The highest BCUT2D eigenvalue weighted by Gasteiger charge is 2.16. The molecule has 5 rings (SSSR count). The monoisotopic (exact) mass is 521 g/mol. The SMILES string of the molecule is Fc1cc(NSc2ccccc2Cl)ccc1Oc1cnccc1-c1ccnc(NC2CCCCC2)n1. The largest absolute Gasteiger partial charge is 0.452 e. The number of rotatable bonds is 8. The molecule has 36 heavy (non-hydrogen) atoms. The molecule has 1 fully saturated rings. The Bertz CT molecular complexity index is 1340. The van der Waals surface area contributed by atoms with E-state index < -0.39 is 5.82 Å². The Morgan fingerprint density at radius 2 is 1.83 bits per heavy atom. The Kier molecular flexibility index (Phi) is 7.83. The van der Waals surface area contributed by atoms with Gasteiger partial charge >= 0.3 is 0 Å². The van der Waals surface area contributed by atoms with Crippen molar-refractivity contribution in [3.63, 3.8) is 0 Å². The van der Waals surface area contributed by atoms with Gasteiger partial charge in [0.05, 0.1) is 16.9 Å². The molecule has 6 nitrogen and oxygen atoms in total. The van der Waals surface area contributed by atoms with E-state index in [2.05, 4.69) is 25.0 Å². The maximum absolute atomic E-state index is 14.9. The van der Waals surface area contributed by atoms with Crippen molar-refractivity contribution in [2.45, 2.75) is 43.0 Å². The van der Waals surface area contributed by atoms with Crippen LogP contribution >= 0.6 is 23.5 Å². The van der Waals surface area contributed by atoms with Crippen LogP contribution in [-0.4, -0.2) is 21.0 Å². The first-order valence-corrected chi connectivity index (χ1v) is 13.0. The summed E-state index contributed by atoms with van der Waals surface area (Å²) in [5.74, 6) is 0.578. The number of ether oxygens (including phenoxy) is 1. The minimum absolute atomic E-state index is 0.0900. The summed E-state index contributed by atoms with van der Waals surface area (Å²) >= 11 is 7.50. The molecule has 0 atom stereocenters. The van der Waals surface area contributed by atoms with Crippen molar-refractivity contribution < 1.29 is 9.13 Å². The third kappa shape index (κ3) is 6.06. The lowest BCUT2D eigenvalue weighted by Crippen LogP contribution is -2.23. The molecule has 1 saturated carbocycles. The quantitative estimate of drug-likeness (QED) is 0.228. The molecule has 4 aromatic rings. The lowest BCUT2D eigenvalue weighted by atomic mass is 9.96. The summed E-state index contributed by atoms with van der Waals surface area (Å²) in [6.07, 6.45) is 10.9. The van der Waals surface area contributed by atoms with E-state index in [1.807, 2.05) is 24.3 Å². The van der Waals surface area contributed by atoms with Crippen LogP contribution < -0.4 is 14.8 Å². The van der Waals surface area contributed by atoms with Crippen molar-refractivity contribution in [2.24, 2.45) is 0 Å². The molecule has 2 aromatic heterocycles. The minimum Gasteiger partial charge on any atom is -0.452 e. The number of nitrogens with zero attached hydrogens (tertiary/aromatic N) is 3. The summed E-state index contributed by atoms with van der Waals surface area (Å²) in [6.45, 7) is 0. The molecular weight excluding hydrogens is 497 g/mol. The average Bonchev–Trinajstić information content (AvgIpc) is 2.91. The van der Waals surface area contributed by atoms with Crippen LogP contribution in [0.2, 0.25) is 5.02 Å². The normalized spacial score (nSPS) is 13.8. The number of benzene rings is 2. The number of nitrogens with one attached hydrogen (secondary N) is 2. The predicted octanol–water partition coefficient (Wildman–Crippen LogP) is 7.99. The second-order valence-electron chi connectivity index (χ2n) is 8.50. The van der Waals surface area contributed by atoms with Gasteiger partial charge in [0.2, 0.25) is 5.95 Å². The highest BCUT2D eigenvalue weighted by Crippen LogP contribution is 2.35. The number of hydrogen-bond acceptors (Lipinski definition) is 7. The van der Waals surface area contributed by atoms with Gasteiger partial charge in [0, 0.05) is 40.6 Å². The lowest BCUT2D eigenvalue weighted by Gasteiger charge is -2.22. The standard InChI is InChI=1S/C27H25ClFN5OS/c28-21-8-4-5-9-26(21)36-34-19-10-11-24(22(29)16-19)35-25-17-30-14-12-20(25)23-13-15-31-27(33-23)32-18-6-2-1-3-7-18/h4-5,8-18,34H,1-3,6-7H2,(H,31,32,33). The summed E-state index contributed by atoms with van der Waals surface area (Å²) in [7, 11) is 0. The van der Waals surface area contributed by atoms with Crippen LogP contribution in [-0.2, 0) is 0 Å². The van der Waals surface area contributed by atoms with Crippen LogP contribution in [0.4, 0.5) is 16.0 Å². The van der Waals surface area contributed by atoms with E-state index in [-0.39, 0.29) is 5.75 Å². The van der Waals surface area contributed by atoms with Crippen LogP contribution in [0.5, 0.6) is 11.5 Å². The third-order valence-corrected chi connectivity index (χ3v) is 7.28. The van der Waals surface area contributed by atoms with Gasteiger partial charge in [-0.25, -0.2) is 14.4 Å². The maximum Gasteiger partial charge on any atom is 0.223 e. The van der Waals surface area contributed by atoms with E-state index in [0.717, 1.165) is 17.7 Å². The fourth-order valence-electron chi connectivity index (χ4n) is 4.09. The molecule has 2 heterocycles. The van der Waals surface area contributed by atoms with Crippen molar-refractivity contribution in [3.8, 4) is 22.8 Å². The molecule has 184 valence electrons. The molecule has 2 aromatic carbocycles.